The van der Waals surface area contributed by atoms with E-state index in [1.54, 1.807) is 17.4 Å². The lowest BCUT2D eigenvalue weighted by Gasteiger charge is -2.19. The van der Waals surface area contributed by atoms with Crippen molar-refractivity contribution in [3.05, 3.63) is 63.9 Å². The van der Waals surface area contributed by atoms with Crippen molar-refractivity contribution < 1.29 is 4.79 Å². The number of rotatable bonds is 3. The van der Waals surface area contributed by atoms with Gasteiger partial charge in [0, 0.05) is 35.0 Å². The maximum atomic E-state index is 12.4. The van der Waals surface area contributed by atoms with Crippen LogP contribution in [-0.4, -0.2) is 29.6 Å². The molecule has 0 N–H and O–H groups in total. The number of carbonyl (C=O) groups is 1. The Kier molecular flexibility index (Phi) is 5.57. The van der Waals surface area contributed by atoms with E-state index in [9.17, 15) is 4.79 Å². The zero-order valence-corrected chi connectivity index (χ0v) is 14.9. The van der Waals surface area contributed by atoms with Crippen molar-refractivity contribution in [1.29, 1.82) is 0 Å². The molecule has 0 saturated carbocycles. The monoisotopic (exact) mass is 343 g/mol. The molecule has 1 fully saturated rings. The first-order chi connectivity index (χ1) is 11.2. The second-order valence-electron chi connectivity index (χ2n) is 5.68. The zero-order valence-electron chi connectivity index (χ0n) is 13.3. The highest BCUT2D eigenvalue weighted by Crippen LogP contribution is 2.35. The fourth-order valence-electron chi connectivity index (χ4n) is 2.83. The minimum Gasteiger partial charge on any atom is -0.338 e. The predicted molar refractivity (Wildman–Crippen MR) is 101 cm³/mol. The highest BCUT2D eigenvalue weighted by molar-refractivity contribution is 7.99. The third-order valence-electron chi connectivity index (χ3n) is 4.12. The van der Waals surface area contributed by atoms with Crippen LogP contribution in [0.5, 0.6) is 0 Å². The van der Waals surface area contributed by atoms with Crippen LogP contribution in [0.2, 0.25) is 0 Å². The number of hydrogen-bond acceptors (Lipinski definition) is 3. The Morgan fingerprint density at radius 2 is 2.09 bits per heavy atom. The third-order valence-corrected chi connectivity index (χ3v) is 6.27. The van der Waals surface area contributed by atoms with Crippen LogP contribution in [-0.2, 0) is 4.79 Å². The van der Waals surface area contributed by atoms with Crippen LogP contribution in [0.1, 0.15) is 27.7 Å². The minimum absolute atomic E-state index is 0.129. The Morgan fingerprint density at radius 3 is 2.87 bits per heavy atom. The lowest BCUT2D eigenvalue weighted by atomic mass is 10.0. The van der Waals surface area contributed by atoms with Gasteiger partial charge in [0.2, 0.25) is 5.91 Å². The summed E-state index contributed by atoms with van der Waals surface area (Å²) in [4.78, 5) is 15.5. The summed E-state index contributed by atoms with van der Waals surface area (Å²) in [7, 11) is 0. The van der Waals surface area contributed by atoms with E-state index < -0.39 is 0 Å². The van der Waals surface area contributed by atoms with E-state index in [0.29, 0.717) is 5.25 Å². The molecule has 0 aliphatic carbocycles. The number of thiophene rings is 1. The number of thioether (sulfide) groups is 1. The SMILES string of the molecule is Cc1ccccc1C1CCN(C(=O)/C=C/c2cccs2)CCS1. The molecule has 3 rings (SSSR count). The van der Waals surface area contributed by atoms with E-state index in [1.807, 2.05) is 40.3 Å². The second-order valence-corrected chi connectivity index (χ2v) is 7.97. The molecule has 23 heavy (non-hydrogen) atoms. The first-order valence-corrected chi connectivity index (χ1v) is 9.84. The Labute approximate surface area is 146 Å². The van der Waals surface area contributed by atoms with Gasteiger partial charge in [-0.3, -0.25) is 4.79 Å². The van der Waals surface area contributed by atoms with Gasteiger partial charge in [0.1, 0.15) is 0 Å². The van der Waals surface area contributed by atoms with Crippen molar-refractivity contribution in [1.82, 2.24) is 4.90 Å². The van der Waals surface area contributed by atoms with E-state index in [2.05, 4.69) is 31.2 Å². The van der Waals surface area contributed by atoms with Gasteiger partial charge in [-0.15, -0.1) is 11.3 Å². The predicted octanol–water partition coefficient (Wildman–Crippen LogP) is 4.78. The van der Waals surface area contributed by atoms with Gasteiger partial charge in [-0.05, 0) is 42.0 Å². The lowest BCUT2D eigenvalue weighted by Crippen LogP contribution is -2.31. The van der Waals surface area contributed by atoms with Crippen LogP contribution < -0.4 is 0 Å². The van der Waals surface area contributed by atoms with Gasteiger partial charge >= 0.3 is 0 Å². The Morgan fingerprint density at radius 1 is 1.22 bits per heavy atom. The van der Waals surface area contributed by atoms with Crippen LogP contribution in [0.4, 0.5) is 0 Å². The van der Waals surface area contributed by atoms with Gasteiger partial charge in [-0.25, -0.2) is 0 Å². The van der Waals surface area contributed by atoms with Crippen molar-refractivity contribution in [3.63, 3.8) is 0 Å². The van der Waals surface area contributed by atoms with Gasteiger partial charge in [0.15, 0.2) is 0 Å². The summed E-state index contributed by atoms with van der Waals surface area (Å²) in [5, 5.41) is 2.52. The number of carbonyl (C=O) groups excluding carboxylic acids is 1. The summed E-state index contributed by atoms with van der Waals surface area (Å²) in [6.07, 6.45) is 4.66. The van der Waals surface area contributed by atoms with E-state index in [-0.39, 0.29) is 5.91 Å². The van der Waals surface area contributed by atoms with E-state index >= 15 is 0 Å². The fraction of sp³-hybridized carbons (Fsp3) is 0.316. The standard InChI is InChI=1S/C19H21NOS2/c1-15-5-2-3-7-17(15)18-10-11-20(12-14-23-18)19(21)9-8-16-6-4-13-22-16/h2-9,13,18H,10-12,14H2,1H3/b9-8+. The van der Waals surface area contributed by atoms with Crippen LogP contribution in [0.25, 0.3) is 6.08 Å². The first kappa shape index (κ1) is 16.3. The molecule has 1 aliphatic heterocycles. The molecule has 1 aliphatic rings. The molecule has 2 heterocycles. The number of amides is 1. The highest BCUT2D eigenvalue weighted by Gasteiger charge is 2.21. The molecule has 1 aromatic carbocycles. The second kappa shape index (κ2) is 7.84. The highest BCUT2D eigenvalue weighted by atomic mass is 32.2. The normalized spacial score (nSPS) is 19.0. The van der Waals surface area contributed by atoms with Gasteiger partial charge in [0.25, 0.3) is 0 Å². The molecular formula is C19H21NOS2. The molecule has 1 unspecified atom stereocenters. The Hall–Kier alpha value is -1.52. The molecule has 4 heteroatoms. The topological polar surface area (TPSA) is 20.3 Å². The van der Waals surface area contributed by atoms with E-state index in [4.69, 9.17) is 0 Å². The average Bonchev–Trinajstić information content (AvgIpc) is 2.96. The van der Waals surface area contributed by atoms with Crippen LogP contribution in [0, 0.1) is 6.92 Å². The van der Waals surface area contributed by atoms with Crippen LogP contribution in [0.3, 0.4) is 0 Å². The molecule has 0 radical (unpaired) electrons. The summed E-state index contributed by atoms with van der Waals surface area (Å²) in [5.41, 5.74) is 2.77. The van der Waals surface area contributed by atoms with Crippen LogP contribution in [0.15, 0.2) is 47.9 Å². The summed E-state index contributed by atoms with van der Waals surface area (Å²) < 4.78 is 0. The number of benzene rings is 1. The maximum absolute atomic E-state index is 12.4. The van der Waals surface area contributed by atoms with Crippen molar-refractivity contribution in [2.45, 2.75) is 18.6 Å². The minimum atomic E-state index is 0.129. The number of nitrogens with zero attached hydrogens (tertiary/aromatic N) is 1. The Balaban J connectivity index is 1.62. The lowest BCUT2D eigenvalue weighted by molar-refractivity contribution is -0.125. The van der Waals surface area contributed by atoms with Gasteiger partial charge in [-0.1, -0.05) is 30.3 Å². The fourth-order valence-corrected chi connectivity index (χ4v) is 4.78. The average molecular weight is 344 g/mol. The molecule has 1 amide bonds. The van der Waals surface area contributed by atoms with Crippen molar-refractivity contribution >= 4 is 35.1 Å². The molecule has 2 nitrogen and oxygen atoms in total. The zero-order chi connectivity index (χ0) is 16.1. The van der Waals surface area contributed by atoms with Crippen molar-refractivity contribution in [2.75, 3.05) is 18.8 Å². The molecule has 1 atom stereocenters. The number of hydrogen-bond donors (Lipinski definition) is 0. The smallest absolute Gasteiger partial charge is 0.246 e. The third kappa shape index (κ3) is 4.27. The molecule has 1 aromatic heterocycles. The van der Waals surface area contributed by atoms with Gasteiger partial charge in [-0.2, -0.15) is 11.8 Å². The summed E-state index contributed by atoms with van der Waals surface area (Å²) >= 11 is 3.63. The van der Waals surface area contributed by atoms with E-state index in [1.165, 1.54) is 11.1 Å². The largest absolute Gasteiger partial charge is 0.338 e. The summed E-state index contributed by atoms with van der Waals surface area (Å²) in [6.45, 7) is 3.84. The maximum Gasteiger partial charge on any atom is 0.246 e. The number of aryl methyl sites for hydroxylation is 1. The van der Waals surface area contributed by atoms with E-state index in [0.717, 1.165) is 30.1 Å². The van der Waals surface area contributed by atoms with Gasteiger partial charge in [0.05, 0.1) is 0 Å². The summed E-state index contributed by atoms with van der Waals surface area (Å²) in [5.74, 6) is 1.13. The molecule has 1 saturated heterocycles. The van der Waals surface area contributed by atoms with Crippen LogP contribution >= 0.6 is 23.1 Å². The Bertz CT molecular complexity index is 678. The summed E-state index contributed by atoms with van der Waals surface area (Å²) in [6, 6.07) is 12.6. The van der Waals surface area contributed by atoms with Crippen molar-refractivity contribution in [3.8, 4) is 0 Å². The van der Waals surface area contributed by atoms with Crippen molar-refractivity contribution in [2.24, 2.45) is 0 Å². The molecular weight excluding hydrogens is 322 g/mol. The molecule has 2 aromatic rings. The molecule has 0 spiro atoms. The molecule has 0 bridgehead atoms. The van der Waals surface area contributed by atoms with Gasteiger partial charge < -0.3 is 4.90 Å². The quantitative estimate of drug-likeness (QED) is 0.748. The molecule has 120 valence electrons. The first-order valence-electron chi connectivity index (χ1n) is 7.91.